The molecule has 1 saturated carbocycles. The molecular formula is C18H25ClN3O+. The minimum Gasteiger partial charge on any atom is -0.333 e. The Balaban J connectivity index is 1.95. The number of carbonyl (C=O) groups excluding carboxylic acids is 1. The van der Waals surface area contributed by atoms with Crippen LogP contribution in [0.4, 0.5) is 0 Å². The molecule has 1 unspecified atom stereocenters. The maximum atomic E-state index is 12.6. The van der Waals surface area contributed by atoms with Crippen LogP contribution in [0.15, 0.2) is 24.3 Å². The van der Waals surface area contributed by atoms with Crippen LogP contribution in [0.1, 0.15) is 44.6 Å². The zero-order valence-corrected chi connectivity index (χ0v) is 14.6. The first kappa shape index (κ1) is 17.8. The lowest BCUT2D eigenvalue weighted by molar-refractivity contribution is -0.908. The summed E-state index contributed by atoms with van der Waals surface area (Å²) >= 11 is 5.90. The van der Waals surface area contributed by atoms with Gasteiger partial charge in [0.25, 0.3) is 5.91 Å². The molecule has 2 atom stereocenters. The Bertz CT molecular complexity index is 573. The lowest BCUT2D eigenvalue weighted by Crippen LogP contribution is -3.12. The van der Waals surface area contributed by atoms with Crippen molar-refractivity contribution in [2.45, 2.75) is 57.2 Å². The van der Waals surface area contributed by atoms with Crippen LogP contribution in [0.2, 0.25) is 5.02 Å². The summed E-state index contributed by atoms with van der Waals surface area (Å²) in [4.78, 5) is 13.6. The summed E-state index contributed by atoms with van der Waals surface area (Å²) in [5.41, 5.74) is 0.476. The summed E-state index contributed by atoms with van der Waals surface area (Å²) in [6.07, 6.45) is 4.69. The third-order valence-electron chi connectivity index (χ3n) is 4.81. The van der Waals surface area contributed by atoms with E-state index in [4.69, 9.17) is 11.6 Å². The molecule has 1 aliphatic rings. The highest BCUT2D eigenvalue weighted by molar-refractivity contribution is 6.30. The Hall–Kier alpha value is -1.57. The van der Waals surface area contributed by atoms with Crippen molar-refractivity contribution in [2.24, 2.45) is 0 Å². The van der Waals surface area contributed by atoms with Gasteiger partial charge >= 0.3 is 0 Å². The van der Waals surface area contributed by atoms with Gasteiger partial charge in [0.05, 0.1) is 13.1 Å². The molecule has 0 bridgehead atoms. The second kappa shape index (κ2) is 7.81. The maximum Gasteiger partial charge on any atom is 0.279 e. The Morgan fingerprint density at radius 3 is 2.52 bits per heavy atom. The zero-order chi connectivity index (χ0) is 16.9. The van der Waals surface area contributed by atoms with Crippen molar-refractivity contribution in [3.05, 3.63) is 34.9 Å². The number of nitriles is 1. The molecule has 1 fully saturated rings. The van der Waals surface area contributed by atoms with Crippen LogP contribution in [-0.2, 0) is 11.3 Å². The molecule has 0 spiro atoms. The minimum atomic E-state index is -0.663. The van der Waals surface area contributed by atoms with Crippen LogP contribution in [0.25, 0.3) is 0 Å². The fraction of sp³-hybridized carbons (Fsp3) is 0.556. The summed E-state index contributed by atoms with van der Waals surface area (Å²) < 4.78 is 0. The largest absolute Gasteiger partial charge is 0.333 e. The van der Waals surface area contributed by atoms with Crippen LogP contribution in [-0.4, -0.2) is 24.5 Å². The Morgan fingerprint density at radius 1 is 1.35 bits per heavy atom. The van der Waals surface area contributed by atoms with Crippen molar-refractivity contribution in [2.75, 3.05) is 7.05 Å². The molecule has 124 valence electrons. The molecule has 0 heterocycles. The lowest BCUT2D eigenvalue weighted by atomic mass is 9.82. The molecular weight excluding hydrogens is 310 g/mol. The smallest absolute Gasteiger partial charge is 0.279 e. The molecule has 0 aromatic heterocycles. The maximum absolute atomic E-state index is 12.6. The first-order chi connectivity index (χ1) is 11.0. The van der Waals surface area contributed by atoms with E-state index < -0.39 is 5.54 Å². The number of amides is 1. The second-order valence-corrected chi connectivity index (χ2v) is 7.05. The van der Waals surface area contributed by atoms with E-state index in [1.54, 1.807) is 0 Å². The van der Waals surface area contributed by atoms with Crippen molar-refractivity contribution in [3.63, 3.8) is 0 Å². The average Bonchev–Trinajstić information content (AvgIpc) is 2.57. The van der Waals surface area contributed by atoms with Crippen molar-refractivity contribution in [1.29, 1.82) is 5.26 Å². The Kier molecular flexibility index (Phi) is 6.04. The first-order valence-electron chi connectivity index (χ1n) is 8.26. The van der Waals surface area contributed by atoms with Gasteiger partial charge in [-0.25, -0.2) is 0 Å². The Labute approximate surface area is 143 Å². The molecule has 23 heavy (non-hydrogen) atoms. The number of nitrogens with zero attached hydrogens (tertiary/aromatic N) is 1. The van der Waals surface area contributed by atoms with Crippen molar-refractivity contribution in [1.82, 2.24) is 5.32 Å². The molecule has 2 rings (SSSR count). The summed E-state index contributed by atoms with van der Waals surface area (Å²) in [6, 6.07) is 9.82. The minimum absolute atomic E-state index is 0.0417. The van der Waals surface area contributed by atoms with Crippen LogP contribution in [0.5, 0.6) is 0 Å². The number of likely N-dealkylation sites (N-methyl/N-ethyl adjacent to an activating group) is 1. The number of quaternary nitrogens is 1. The van der Waals surface area contributed by atoms with E-state index in [0.717, 1.165) is 49.1 Å². The summed E-state index contributed by atoms with van der Waals surface area (Å²) in [5.74, 6) is -0.0417. The Morgan fingerprint density at radius 2 is 1.96 bits per heavy atom. The van der Waals surface area contributed by atoms with Gasteiger partial charge < -0.3 is 10.2 Å². The van der Waals surface area contributed by atoms with E-state index in [1.165, 1.54) is 0 Å². The number of hydrogen-bond acceptors (Lipinski definition) is 2. The molecule has 4 nitrogen and oxygen atoms in total. The van der Waals surface area contributed by atoms with Crippen molar-refractivity contribution >= 4 is 17.5 Å². The first-order valence-corrected chi connectivity index (χ1v) is 8.63. The van der Waals surface area contributed by atoms with E-state index in [-0.39, 0.29) is 11.9 Å². The molecule has 1 aromatic rings. The number of hydrogen-bond donors (Lipinski definition) is 2. The van der Waals surface area contributed by atoms with Crippen molar-refractivity contribution < 1.29 is 9.69 Å². The van der Waals surface area contributed by atoms with Crippen molar-refractivity contribution in [3.8, 4) is 6.07 Å². The van der Waals surface area contributed by atoms with Gasteiger partial charge in [0.15, 0.2) is 6.04 Å². The van der Waals surface area contributed by atoms with Crippen LogP contribution >= 0.6 is 11.6 Å². The van der Waals surface area contributed by atoms with E-state index in [9.17, 15) is 10.1 Å². The molecule has 0 radical (unpaired) electrons. The third-order valence-corrected chi connectivity index (χ3v) is 5.06. The molecule has 1 aromatic carbocycles. The normalized spacial score (nSPS) is 19.4. The number of rotatable bonds is 5. The fourth-order valence-electron chi connectivity index (χ4n) is 3.07. The third kappa shape index (κ3) is 4.70. The van der Waals surface area contributed by atoms with E-state index >= 15 is 0 Å². The van der Waals surface area contributed by atoms with Crippen LogP contribution in [0, 0.1) is 11.3 Å². The number of benzene rings is 1. The molecule has 1 aliphatic carbocycles. The standard InChI is InChI=1S/C18H24ClN3O/c1-14(22(2)12-15-6-8-16(19)9-7-15)17(23)21-18(13-20)10-4-3-5-11-18/h6-9,14H,3-5,10-12H2,1-2H3,(H,21,23)/p+1/t14-/m1/s1. The molecule has 5 heteroatoms. The zero-order valence-electron chi connectivity index (χ0n) is 13.9. The van der Waals surface area contributed by atoms with Gasteiger partial charge in [-0.1, -0.05) is 43.0 Å². The van der Waals surface area contributed by atoms with E-state index in [2.05, 4.69) is 11.4 Å². The van der Waals surface area contributed by atoms with Gasteiger partial charge in [-0.05, 0) is 31.9 Å². The highest BCUT2D eigenvalue weighted by Gasteiger charge is 2.36. The van der Waals surface area contributed by atoms with Gasteiger partial charge in [0, 0.05) is 10.6 Å². The number of halogens is 1. The quantitative estimate of drug-likeness (QED) is 0.866. The number of carbonyl (C=O) groups is 1. The summed E-state index contributed by atoms with van der Waals surface area (Å²) in [6.45, 7) is 2.65. The van der Waals surface area contributed by atoms with Gasteiger partial charge in [-0.3, -0.25) is 4.79 Å². The highest BCUT2D eigenvalue weighted by atomic mass is 35.5. The lowest BCUT2D eigenvalue weighted by Gasteiger charge is -2.33. The van der Waals surface area contributed by atoms with Gasteiger partial charge in [0.2, 0.25) is 0 Å². The average molecular weight is 335 g/mol. The number of nitrogens with one attached hydrogen (secondary N) is 2. The van der Waals surface area contributed by atoms with Gasteiger partial charge in [0.1, 0.15) is 12.1 Å². The highest BCUT2D eigenvalue weighted by Crippen LogP contribution is 2.27. The predicted octanol–water partition coefficient (Wildman–Crippen LogP) is 2.09. The van der Waals surface area contributed by atoms with Crippen LogP contribution < -0.4 is 10.2 Å². The second-order valence-electron chi connectivity index (χ2n) is 6.62. The molecule has 0 saturated heterocycles. The summed E-state index contributed by atoms with van der Waals surface area (Å²) in [7, 11) is 2.00. The van der Waals surface area contributed by atoms with E-state index in [1.807, 2.05) is 38.2 Å². The fourth-order valence-corrected chi connectivity index (χ4v) is 3.19. The topological polar surface area (TPSA) is 57.3 Å². The van der Waals surface area contributed by atoms with Gasteiger partial charge in [-0.15, -0.1) is 0 Å². The monoisotopic (exact) mass is 334 g/mol. The van der Waals surface area contributed by atoms with Gasteiger partial charge in [-0.2, -0.15) is 5.26 Å². The van der Waals surface area contributed by atoms with E-state index in [0.29, 0.717) is 5.02 Å². The predicted molar refractivity (Wildman–Crippen MR) is 91.1 cm³/mol. The molecule has 2 N–H and O–H groups in total. The molecule has 1 amide bonds. The molecule has 0 aliphatic heterocycles. The van der Waals surface area contributed by atoms with Crippen LogP contribution in [0.3, 0.4) is 0 Å². The SMILES string of the molecule is C[C@H](C(=O)NC1(C#N)CCCCC1)[NH+](C)Cc1ccc(Cl)cc1. The summed E-state index contributed by atoms with van der Waals surface area (Å²) in [5, 5.41) is 13.2.